The minimum atomic E-state index is 0.510. The lowest BCUT2D eigenvalue weighted by Gasteiger charge is -2.39. The second-order valence-electron chi connectivity index (χ2n) is 4.99. The molecule has 19 heavy (non-hydrogen) atoms. The maximum Gasteiger partial charge on any atom is 0.195 e. The number of piperazine rings is 1. The standard InChI is InChI=1S/C13H19ClN4S/c1-3-16-4-5-17(9-10(16)2)12-11(8-14)18-6-7-19-13(18)15-12/h6-7,10H,3-5,8-9H2,1-2H3. The van der Waals surface area contributed by atoms with E-state index in [4.69, 9.17) is 16.6 Å². The third-order valence-electron chi connectivity index (χ3n) is 3.94. The maximum atomic E-state index is 6.13. The summed E-state index contributed by atoms with van der Waals surface area (Å²) in [6.07, 6.45) is 2.06. The summed E-state index contributed by atoms with van der Waals surface area (Å²) in [5.41, 5.74) is 1.12. The number of aromatic nitrogens is 2. The van der Waals surface area contributed by atoms with Gasteiger partial charge in [0.1, 0.15) is 0 Å². The number of alkyl halides is 1. The zero-order valence-electron chi connectivity index (χ0n) is 11.3. The molecule has 0 bridgehead atoms. The molecular formula is C13H19ClN4S. The van der Waals surface area contributed by atoms with E-state index in [1.165, 1.54) is 0 Å². The van der Waals surface area contributed by atoms with Crippen LogP contribution in [0, 0.1) is 0 Å². The zero-order valence-corrected chi connectivity index (χ0v) is 12.9. The Labute approximate surface area is 122 Å². The van der Waals surface area contributed by atoms with Crippen molar-refractivity contribution >= 4 is 33.7 Å². The molecule has 6 heteroatoms. The van der Waals surface area contributed by atoms with Gasteiger partial charge in [-0.05, 0) is 13.5 Å². The van der Waals surface area contributed by atoms with E-state index in [1.54, 1.807) is 11.3 Å². The molecule has 1 unspecified atom stereocenters. The van der Waals surface area contributed by atoms with Crippen molar-refractivity contribution in [2.75, 3.05) is 31.1 Å². The summed E-state index contributed by atoms with van der Waals surface area (Å²) in [5.74, 6) is 1.58. The molecule has 1 aliphatic heterocycles. The van der Waals surface area contributed by atoms with Crippen LogP contribution in [-0.2, 0) is 5.88 Å². The van der Waals surface area contributed by atoms with Crippen LogP contribution in [0.5, 0.6) is 0 Å². The first-order valence-electron chi connectivity index (χ1n) is 6.74. The van der Waals surface area contributed by atoms with Crippen LogP contribution in [0.4, 0.5) is 5.82 Å². The van der Waals surface area contributed by atoms with Crippen LogP contribution >= 0.6 is 22.9 Å². The lowest BCUT2D eigenvalue weighted by molar-refractivity contribution is 0.199. The van der Waals surface area contributed by atoms with E-state index in [0.29, 0.717) is 11.9 Å². The molecule has 3 heterocycles. The molecule has 104 valence electrons. The maximum absolute atomic E-state index is 6.13. The van der Waals surface area contributed by atoms with Gasteiger partial charge in [-0.2, -0.15) is 0 Å². The Morgan fingerprint density at radius 1 is 1.47 bits per heavy atom. The largest absolute Gasteiger partial charge is 0.352 e. The highest BCUT2D eigenvalue weighted by Crippen LogP contribution is 2.27. The van der Waals surface area contributed by atoms with Crippen LogP contribution in [0.15, 0.2) is 11.6 Å². The van der Waals surface area contributed by atoms with E-state index in [1.807, 2.05) is 0 Å². The van der Waals surface area contributed by atoms with Crippen LogP contribution in [0.3, 0.4) is 0 Å². The predicted molar refractivity (Wildman–Crippen MR) is 81.5 cm³/mol. The van der Waals surface area contributed by atoms with Crippen LogP contribution < -0.4 is 4.90 Å². The third kappa shape index (κ3) is 2.24. The predicted octanol–water partition coefficient (Wildman–Crippen LogP) is 2.67. The fourth-order valence-electron chi connectivity index (χ4n) is 2.86. The van der Waals surface area contributed by atoms with Crippen LogP contribution in [-0.4, -0.2) is 46.5 Å². The van der Waals surface area contributed by atoms with Gasteiger partial charge in [0.2, 0.25) is 0 Å². The second-order valence-corrected chi connectivity index (χ2v) is 6.14. The second kappa shape index (κ2) is 5.31. The highest BCUT2D eigenvalue weighted by atomic mass is 35.5. The molecule has 1 fully saturated rings. The van der Waals surface area contributed by atoms with Gasteiger partial charge in [0.15, 0.2) is 10.8 Å². The number of hydrogen-bond acceptors (Lipinski definition) is 4. The van der Waals surface area contributed by atoms with Crippen molar-refractivity contribution in [1.29, 1.82) is 0 Å². The monoisotopic (exact) mass is 298 g/mol. The molecule has 4 nitrogen and oxygen atoms in total. The fraction of sp³-hybridized carbons (Fsp3) is 0.615. The summed E-state index contributed by atoms with van der Waals surface area (Å²) >= 11 is 7.79. The van der Waals surface area contributed by atoms with Gasteiger partial charge in [-0.3, -0.25) is 9.30 Å². The number of anilines is 1. The molecule has 3 rings (SSSR count). The van der Waals surface area contributed by atoms with Gasteiger partial charge >= 0.3 is 0 Å². The van der Waals surface area contributed by atoms with Gasteiger partial charge in [-0.25, -0.2) is 4.98 Å². The van der Waals surface area contributed by atoms with Crippen molar-refractivity contribution in [3.05, 3.63) is 17.3 Å². The smallest absolute Gasteiger partial charge is 0.195 e. The molecule has 2 aromatic rings. The van der Waals surface area contributed by atoms with Crippen molar-refractivity contribution in [3.63, 3.8) is 0 Å². The van der Waals surface area contributed by atoms with E-state index < -0.39 is 0 Å². The van der Waals surface area contributed by atoms with Gasteiger partial charge in [0.05, 0.1) is 11.6 Å². The third-order valence-corrected chi connectivity index (χ3v) is 4.95. The first-order chi connectivity index (χ1) is 9.24. The van der Waals surface area contributed by atoms with E-state index in [0.717, 1.165) is 42.7 Å². The molecular weight excluding hydrogens is 280 g/mol. The molecule has 0 aromatic carbocycles. The number of thiazole rings is 1. The van der Waals surface area contributed by atoms with Gasteiger partial charge in [-0.1, -0.05) is 6.92 Å². The molecule has 0 saturated carbocycles. The summed E-state index contributed by atoms with van der Waals surface area (Å²) in [6.45, 7) is 8.80. The van der Waals surface area contributed by atoms with Gasteiger partial charge < -0.3 is 4.90 Å². The Hall–Kier alpha value is -0.780. The average molecular weight is 299 g/mol. The summed E-state index contributed by atoms with van der Waals surface area (Å²) in [4.78, 5) is 10.7. The minimum Gasteiger partial charge on any atom is -0.352 e. The van der Waals surface area contributed by atoms with Crippen molar-refractivity contribution in [3.8, 4) is 0 Å². The molecule has 1 saturated heterocycles. The number of likely N-dealkylation sites (N-methyl/N-ethyl adjacent to an activating group) is 1. The lowest BCUT2D eigenvalue weighted by Crippen LogP contribution is -2.52. The first-order valence-corrected chi connectivity index (χ1v) is 8.15. The van der Waals surface area contributed by atoms with E-state index >= 15 is 0 Å². The Morgan fingerprint density at radius 3 is 3.00 bits per heavy atom. The highest BCUT2D eigenvalue weighted by molar-refractivity contribution is 7.15. The SMILES string of the molecule is CCN1CCN(c2nc3sccn3c2CCl)CC1C. The van der Waals surface area contributed by atoms with Gasteiger partial charge in [0, 0.05) is 37.3 Å². The van der Waals surface area contributed by atoms with Crippen molar-refractivity contribution in [2.45, 2.75) is 25.8 Å². The van der Waals surface area contributed by atoms with E-state index in [-0.39, 0.29) is 0 Å². The number of rotatable bonds is 3. The van der Waals surface area contributed by atoms with Crippen LogP contribution in [0.25, 0.3) is 4.96 Å². The van der Waals surface area contributed by atoms with Gasteiger partial charge in [0.25, 0.3) is 0 Å². The molecule has 0 aliphatic carbocycles. The van der Waals surface area contributed by atoms with Crippen LogP contribution in [0.1, 0.15) is 19.5 Å². The number of hydrogen-bond donors (Lipinski definition) is 0. The number of imidazole rings is 1. The fourth-order valence-corrected chi connectivity index (χ4v) is 3.83. The number of halogens is 1. The summed E-state index contributed by atoms with van der Waals surface area (Å²) in [5, 5.41) is 2.06. The molecule has 0 amide bonds. The first kappa shape index (κ1) is 13.2. The molecule has 1 atom stereocenters. The van der Waals surface area contributed by atoms with Crippen LogP contribution in [0.2, 0.25) is 0 Å². The van der Waals surface area contributed by atoms with E-state index in [2.05, 4.69) is 39.6 Å². The van der Waals surface area contributed by atoms with Crippen molar-refractivity contribution in [1.82, 2.24) is 14.3 Å². The molecule has 2 aromatic heterocycles. The molecule has 1 aliphatic rings. The molecule has 0 radical (unpaired) electrons. The Bertz CT molecular complexity index is 564. The van der Waals surface area contributed by atoms with Gasteiger partial charge in [-0.15, -0.1) is 22.9 Å². The normalized spacial score (nSPS) is 21.4. The quantitative estimate of drug-likeness (QED) is 0.814. The summed E-state index contributed by atoms with van der Waals surface area (Å²) < 4.78 is 2.11. The Kier molecular flexibility index (Phi) is 3.69. The average Bonchev–Trinajstić information content (AvgIpc) is 2.98. The summed E-state index contributed by atoms with van der Waals surface area (Å²) in [6, 6.07) is 0.571. The topological polar surface area (TPSA) is 23.8 Å². The minimum absolute atomic E-state index is 0.510. The highest BCUT2D eigenvalue weighted by Gasteiger charge is 2.26. The Morgan fingerprint density at radius 2 is 2.32 bits per heavy atom. The number of nitrogens with zero attached hydrogens (tertiary/aromatic N) is 4. The number of fused-ring (bicyclic) bond motifs is 1. The van der Waals surface area contributed by atoms with Crippen molar-refractivity contribution in [2.24, 2.45) is 0 Å². The summed E-state index contributed by atoms with van der Waals surface area (Å²) in [7, 11) is 0. The zero-order chi connectivity index (χ0) is 13.4. The Balaban J connectivity index is 1.90. The molecule has 0 N–H and O–H groups in total. The molecule has 0 spiro atoms. The lowest BCUT2D eigenvalue weighted by atomic mass is 10.2. The van der Waals surface area contributed by atoms with E-state index in [9.17, 15) is 0 Å². The van der Waals surface area contributed by atoms with Crippen molar-refractivity contribution < 1.29 is 0 Å².